The average Bonchev–Trinajstić information content (AvgIpc) is 3.16. The molecule has 0 radical (unpaired) electrons. The maximum atomic E-state index is 12.4. The summed E-state index contributed by atoms with van der Waals surface area (Å²) in [5.74, 6) is -0.800. The number of aryl methyl sites for hydroxylation is 1. The van der Waals surface area contributed by atoms with Crippen LogP contribution in [0.15, 0.2) is 18.2 Å². The number of carbonyl (C=O) groups is 2. The summed E-state index contributed by atoms with van der Waals surface area (Å²) in [5.41, 5.74) is 0.633. The van der Waals surface area contributed by atoms with E-state index in [9.17, 15) is 9.59 Å². The molecule has 1 aliphatic rings. The molecule has 6 nitrogen and oxygen atoms in total. The minimum Gasteiger partial charge on any atom is -0.312 e. The molecule has 2 aromatic rings. The molecule has 24 heavy (non-hydrogen) atoms. The van der Waals surface area contributed by atoms with Gasteiger partial charge in [-0.1, -0.05) is 41.5 Å². The molecule has 1 fully saturated rings. The van der Waals surface area contributed by atoms with Gasteiger partial charge < -0.3 is 10.2 Å². The van der Waals surface area contributed by atoms with Gasteiger partial charge in [-0.05, 0) is 24.6 Å². The highest BCUT2D eigenvalue weighted by molar-refractivity contribution is 7.15. The molecule has 1 saturated heterocycles. The van der Waals surface area contributed by atoms with E-state index in [0.717, 1.165) is 11.4 Å². The number of nitrogens with zero attached hydrogens (tertiary/aromatic N) is 3. The van der Waals surface area contributed by atoms with Crippen LogP contribution in [-0.2, 0) is 16.0 Å². The lowest BCUT2D eigenvalue weighted by Crippen LogP contribution is -2.28. The van der Waals surface area contributed by atoms with Crippen molar-refractivity contribution in [3.8, 4) is 0 Å². The van der Waals surface area contributed by atoms with Crippen LogP contribution >= 0.6 is 34.5 Å². The van der Waals surface area contributed by atoms with Crippen LogP contribution in [0, 0.1) is 5.92 Å². The minimum absolute atomic E-state index is 0.125. The second-order valence-corrected chi connectivity index (χ2v) is 7.22. The van der Waals surface area contributed by atoms with E-state index in [2.05, 4.69) is 15.5 Å². The third kappa shape index (κ3) is 3.53. The van der Waals surface area contributed by atoms with Crippen LogP contribution in [0.5, 0.6) is 0 Å². The van der Waals surface area contributed by atoms with Gasteiger partial charge in [-0.2, -0.15) is 0 Å². The van der Waals surface area contributed by atoms with Crippen LogP contribution in [0.2, 0.25) is 10.0 Å². The van der Waals surface area contributed by atoms with E-state index in [0.29, 0.717) is 27.4 Å². The zero-order chi connectivity index (χ0) is 17.3. The average molecular weight is 385 g/mol. The van der Waals surface area contributed by atoms with Crippen molar-refractivity contribution in [2.24, 2.45) is 5.92 Å². The van der Waals surface area contributed by atoms with Crippen LogP contribution in [0.4, 0.5) is 10.8 Å². The second-order valence-electron chi connectivity index (χ2n) is 5.35. The number of carbonyl (C=O) groups excluding carboxylic acids is 2. The minimum atomic E-state index is -0.444. The summed E-state index contributed by atoms with van der Waals surface area (Å²) in [6, 6.07) is 4.97. The standard InChI is InChI=1S/C15H14Cl2N4O2S/c1-2-12-19-20-15(24-12)18-14(23)8-5-13(22)21(7-8)9-3-4-10(16)11(17)6-9/h3-4,6,8H,2,5,7H2,1H3,(H,18,20,23). The fourth-order valence-electron chi connectivity index (χ4n) is 2.44. The van der Waals surface area contributed by atoms with Crippen molar-refractivity contribution in [3.63, 3.8) is 0 Å². The Morgan fingerprint density at radius 3 is 2.83 bits per heavy atom. The van der Waals surface area contributed by atoms with Gasteiger partial charge in [0.15, 0.2) is 0 Å². The first kappa shape index (κ1) is 17.1. The third-order valence-corrected chi connectivity index (χ3v) is 5.43. The highest BCUT2D eigenvalue weighted by atomic mass is 35.5. The topological polar surface area (TPSA) is 75.2 Å². The van der Waals surface area contributed by atoms with Gasteiger partial charge in [-0.25, -0.2) is 0 Å². The molecule has 1 aromatic carbocycles. The van der Waals surface area contributed by atoms with Gasteiger partial charge in [-0.3, -0.25) is 9.59 Å². The van der Waals surface area contributed by atoms with Crippen LogP contribution < -0.4 is 10.2 Å². The lowest BCUT2D eigenvalue weighted by atomic mass is 10.1. The summed E-state index contributed by atoms with van der Waals surface area (Å²) in [4.78, 5) is 26.1. The van der Waals surface area contributed by atoms with E-state index in [-0.39, 0.29) is 18.2 Å². The van der Waals surface area contributed by atoms with Gasteiger partial charge in [0.05, 0.1) is 16.0 Å². The SMILES string of the molecule is CCc1nnc(NC(=O)C2CC(=O)N(c3ccc(Cl)c(Cl)c3)C2)s1. The van der Waals surface area contributed by atoms with E-state index in [1.807, 2.05) is 6.92 Å². The number of amides is 2. The highest BCUT2D eigenvalue weighted by Gasteiger charge is 2.35. The summed E-state index contributed by atoms with van der Waals surface area (Å²) >= 11 is 13.2. The molecule has 0 aliphatic carbocycles. The molecule has 2 heterocycles. The molecular formula is C15H14Cl2N4O2S. The number of nitrogens with one attached hydrogen (secondary N) is 1. The molecule has 1 aliphatic heterocycles. The Balaban J connectivity index is 1.69. The number of rotatable bonds is 4. The Kier molecular flexibility index (Phi) is 5.03. The van der Waals surface area contributed by atoms with Crippen LogP contribution in [-0.4, -0.2) is 28.6 Å². The molecule has 1 atom stereocenters. The van der Waals surface area contributed by atoms with Crippen molar-refractivity contribution >= 4 is 57.2 Å². The quantitative estimate of drug-likeness (QED) is 0.876. The van der Waals surface area contributed by atoms with Gasteiger partial charge >= 0.3 is 0 Å². The Bertz CT molecular complexity index is 796. The summed E-state index contributed by atoms with van der Waals surface area (Å²) in [7, 11) is 0. The normalized spacial score (nSPS) is 17.4. The molecule has 3 rings (SSSR count). The number of halogens is 2. The predicted molar refractivity (Wildman–Crippen MR) is 94.8 cm³/mol. The monoisotopic (exact) mass is 384 g/mol. The van der Waals surface area contributed by atoms with Crippen LogP contribution in [0.3, 0.4) is 0 Å². The van der Waals surface area contributed by atoms with E-state index < -0.39 is 5.92 Å². The molecule has 2 amide bonds. The van der Waals surface area contributed by atoms with Crippen molar-refractivity contribution in [1.29, 1.82) is 0 Å². The molecular weight excluding hydrogens is 371 g/mol. The fraction of sp³-hybridized carbons (Fsp3) is 0.333. The van der Waals surface area contributed by atoms with Crippen LogP contribution in [0.25, 0.3) is 0 Å². The lowest BCUT2D eigenvalue weighted by molar-refractivity contribution is -0.122. The summed E-state index contributed by atoms with van der Waals surface area (Å²) in [6.45, 7) is 2.26. The zero-order valence-electron chi connectivity index (χ0n) is 12.8. The van der Waals surface area contributed by atoms with E-state index in [4.69, 9.17) is 23.2 Å². The zero-order valence-corrected chi connectivity index (χ0v) is 15.1. The molecule has 1 N–H and O–H groups in total. The third-order valence-electron chi connectivity index (χ3n) is 3.71. The Morgan fingerprint density at radius 2 is 2.17 bits per heavy atom. The van der Waals surface area contributed by atoms with Crippen molar-refractivity contribution in [1.82, 2.24) is 10.2 Å². The van der Waals surface area contributed by atoms with Crippen molar-refractivity contribution < 1.29 is 9.59 Å². The van der Waals surface area contributed by atoms with Gasteiger partial charge in [-0.15, -0.1) is 10.2 Å². The first-order valence-electron chi connectivity index (χ1n) is 7.36. The number of anilines is 2. The number of hydrogen-bond donors (Lipinski definition) is 1. The number of aromatic nitrogens is 2. The van der Waals surface area contributed by atoms with Gasteiger partial charge in [0.25, 0.3) is 0 Å². The molecule has 0 spiro atoms. The van der Waals surface area contributed by atoms with Crippen molar-refractivity contribution in [3.05, 3.63) is 33.3 Å². The first-order chi connectivity index (χ1) is 11.5. The smallest absolute Gasteiger partial charge is 0.231 e. The maximum absolute atomic E-state index is 12.4. The molecule has 1 unspecified atom stereocenters. The molecule has 0 saturated carbocycles. The molecule has 0 bridgehead atoms. The van der Waals surface area contributed by atoms with E-state index in [1.165, 1.54) is 11.3 Å². The van der Waals surface area contributed by atoms with E-state index >= 15 is 0 Å². The Hall–Kier alpha value is -1.70. The highest BCUT2D eigenvalue weighted by Crippen LogP contribution is 2.31. The van der Waals surface area contributed by atoms with Crippen LogP contribution in [0.1, 0.15) is 18.4 Å². The largest absolute Gasteiger partial charge is 0.312 e. The number of benzene rings is 1. The fourth-order valence-corrected chi connectivity index (χ4v) is 3.41. The lowest BCUT2D eigenvalue weighted by Gasteiger charge is -2.17. The van der Waals surface area contributed by atoms with Gasteiger partial charge in [0.1, 0.15) is 5.01 Å². The first-order valence-corrected chi connectivity index (χ1v) is 8.93. The molecule has 1 aromatic heterocycles. The Labute approximate surface area is 152 Å². The maximum Gasteiger partial charge on any atom is 0.231 e. The number of hydrogen-bond acceptors (Lipinski definition) is 5. The summed E-state index contributed by atoms with van der Waals surface area (Å²) in [5, 5.41) is 12.7. The van der Waals surface area contributed by atoms with Crippen molar-refractivity contribution in [2.75, 3.05) is 16.8 Å². The predicted octanol–water partition coefficient (Wildman–Crippen LogP) is 3.40. The molecule has 126 valence electrons. The summed E-state index contributed by atoms with van der Waals surface area (Å²) in [6.07, 6.45) is 0.909. The second kappa shape index (κ2) is 7.04. The van der Waals surface area contributed by atoms with Gasteiger partial charge in [0.2, 0.25) is 16.9 Å². The van der Waals surface area contributed by atoms with Crippen molar-refractivity contribution in [2.45, 2.75) is 19.8 Å². The van der Waals surface area contributed by atoms with Gasteiger partial charge in [0, 0.05) is 18.7 Å². The summed E-state index contributed by atoms with van der Waals surface area (Å²) < 4.78 is 0. The molecule has 9 heteroatoms. The Morgan fingerprint density at radius 1 is 1.38 bits per heavy atom. The van der Waals surface area contributed by atoms with E-state index in [1.54, 1.807) is 23.1 Å².